The number of methoxy groups -OCH3 is 1. The van der Waals surface area contributed by atoms with Crippen molar-refractivity contribution in [2.24, 2.45) is 5.92 Å². The summed E-state index contributed by atoms with van der Waals surface area (Å²) >= 11 is 0. The van der Waals surface area contributed by atoms with Crippen LogP contribution in [-0.2, 0) is 14.3 Å². The Kier molecular flexibility index (Phi) is 6.30. The minimum atomic E-state index is -0.560. The first-order chi connectivity index (χ1) is 9.85. The topological polar surface area (TPSA) is 67.4 Å². The van der Waals surface area contributed by atoms with Gasteiger partial charge in [-0.15, -0.1) is 0 Å². The number of hydrogen-bond acceptors (Lipinski definition) is 4. The van der Waals surface area contributed by atoms with Crippen LogP contribution >= 0.6 is 0 Å². The summed E-state index contributed by atoms with van der Waals surface area (Å²) in [6.07, 6.45) is 0. The van der Waals surface area contributed by atoms with E-state index in [1.54, 1.807) is 19.1 Å². The molecule has 1 rings (SSSR count). The van der Waals surface area contributed by atoms with Crippen LogP contribution in [0, 0.1) is 18.7 Å². The molecule has 0 aliphatic rings. The number of halogens is 1. The van der Waals surface area contributed by atoms with Gasteiger partial charge >= 0.3 is 5.97 Å². The van der Waals surface area contributed by atoms with E-state index >= 15 is 0 Å². The minimum absolute atomic E-state index is 0.0120. The first-order valence-corrected chi connectivity index (χ1v) is 6.72. The van der Waals surface area contributed by atoms with Gasteiger partial charge in [-0.25, -0.2) is 4.39 Å². The van der Waals surface area contributed by atoms with E-state index in [-0.39, 0.29) is 24.2 Å². The summed E-state index contributed by atoms with van der Waals surface area (Å²) in [5, 5.41) is 5.40. The van der Waals surface area contributed by atoms with Gasteiger partial charge in [0, 0.05) is 5.69 Å². The molecular weight excluding hydrogens is 275 g/mol. The SMILES string of the molecule is COC(=O)C(NCC(=O)Nc1ccc(C)c(F)c1)C(C)C. The second-order valence-electron chi connectivity index (χ2n) is 5.14. The van der Waals surface area contributed by atoms with Gasteiger partial charge in [-0.05, 0) is 30.5 Å². The van der Waals surface area contributed by atoms with Crippen LogP contribution in [0.15, 0.2) is 18.2 Å². The third-order valence-corrected chi connectivity index (χ3v) is 3.06. The zero-order chi connectivity index (χ0) is 16.0. The maximum atomic E-state index is 13.4. The molecular formula is C15H21FN2O3. The predicted molar refractivity (Wildman–Crippen MR) is 78.4 cm³/mol. The van der Waals surface area contributed by atoms with Crippen molar-refractivity contribution in [2.75, 3.05) is 19.0 Å². The number of carbonyl (C=O) groups is 2. The lowest BCUT2D eigenvalue weighted by Gasteiger charge is -2.19. The molecule has 0 saturated carbocycles. The molecule has 1 aromatic rings. The number of carbonyl (C=O) groups excluding carboxylic acids is 2. The first-order valence-electron chi connectivity index (χ1n) is 6.72. The molecule has 21 heavy (non-hydrogen) atoms. The Morgan fingerprint density at radius 3 is 2.52 bits per heavy atom. The van der Waals surface area contributed by atoms with Crippen molar-refractivity contribution in [3.05, 3.63) is 29.6 Å². The maximum Gasteiger partial charge on any atom is 0.323 e. The van der Waals surface area contributed by atoms with E-state index in [9.17, 15) is 14.0 Å². The molecule has 2 N–H and O–H groups in total. The first kappa shape index (κ1) is 17.1. The third-order valence-electron chi connectivity index (χ3n) is 3.06. The van der Waals surface area contributed by atoms with Gasteiger partial charge in [-0.3, -0.25) is 14.9 Å². The molecule has 1 aromatic carbocycles. The minimum Gasteiger partial charge on any atom is -0.468 e. The fourth-order valence-corrected chi connectivity index (χ4v) is 1.80. The van der Waals surface area contributed by atoms with E-state index in [4.69, 9.17) is 0 Å². The van der Waals surface area contributed by atoms with Crippen LogP contribution in [0.2, 0.25) is 0 Å². The van der Waals surface area contributed by atoms with Crippen molar-refractivity contribution in [2.45, 2.75) is 26.8 Å². The number of benzene rings is 1. The van der Waals surface area contributed by atoms with E-state index < -0.39 is 12.0 Å². The molecule has 5 nitrogen and oxygen atoms in total. The van der Waals surface area contributed by atoms with Crippen LogP contribution in [0.5, 0.6) is 0 Å². The maximum absolute atomic E-state index is 13.4. The van der Waals surface area contributed by atoms with Crippen LogP contribution in [0.4, 0.5) is 10.1 Å². The second kappa shape index (κ2) is 7.73. The van der Waals surface area contributed by atoms with E-state index in [1.165, 1.54) is 13.2 Å². The highest BCUT2D eigenvalue weighted by Gasteiger charge is 2.23. The molecule has 1 amide bonds. The van der Waals surface area contributed by atoms with Crippen LogP contribution in [0.3, 0.4) is 0 Å². The lowest BCUT2D eigenvalue weighted by molar-refractivity contribution is -0.144. The molecule has 0 spiro atoms. The van der Waals surface area contributed by atoms with Crippen molar-refractivity contribution in [1.29, 1.82) is 0 Å². The molecule has 0 aliphatic heterocycles. The number of anilines is 1. The Hall–Kier alpha value is -1.95. The monoisotopic (exact) mass is 296 g/mol. The predicted octanol–water partition coefficient (Wildman–Crippen LogP) is 1.86. The van der Waals surface area contributed by atoms with Gasteiger partial charge in [0.25, 0.3) is 0 Å². The Labute approximate surface area is 123 Å². The lowest BCUT2D eigenvalue weighted by atomic mass is 10.0. The number of hydrogen-bond donors (Lipinski definition) is 2. The van der Waals surface area contributed by atoms with Gasteiger partial charge in [0.2, 0.25) is 5.91 Å². The van der Waals surface area contributed by atoms with Crippen molar-refractivity contribution in [1.82, 2.24) is 5.32 Å². The largest absolute Gasteiger partial charge is 0.468 e. The highest BCUT2D eigenvalue weighted by Crippen LogP contribution is 2.13. The van der Waals surface area contributed by atoms with Crippen molar-refractivity contribution < 1.29 is 18.7 Å². The molecule has 1 atom stereocenters. The van der Waals surface area contributed by atoms with E-state index in [1.807, 2.05) is 13.8 Å². The number of esters is 1. The molecule has 0 saturated heterocycles. The highest BCUT2D eigenvalue weighted by atomic mass is 19.1. The zero-order valence-corrected chi connectivity index (χ0v) is 12.7. The molecule has 0 heterocycles. The van der Waals surface area contributed by atoms with Crippen LogP contribution in [0.1, 0.15) is 19.4 Å². The number of aryl methyl sites for hydroxylation is 1. The van der Waals surface area contributed by atoms with Crippen LogP contribution < -0.4 is 10.6 Å². The van der Waals surface area contributed by atoms with Crippen LogP contribution in [-0.4, -0.2) is 31.6 Å². The summed E-state index contributed by atoms with van der Waals surface area (Å²) in [5.74, 6) is -1.16. The van der Waals surface area contributed by atoms with Crippen molar-refractivity contribution in [3.8, 4) is 0 Å². The van der Waals surface area contributed by atoms with Crippen molar-refractivity contribution >= 4 is 17.6 Å². The molecule has 0 bridgehead atoms. The molecule has 1 unspecified atom stereocenters. The summed E-state index contributed by atoms with van der Waals surface area (Å²) in [5.41, 5.74) is 0.890. The number of nitrogens with one attached hydrogen (secondary N) is 2. The Balaban J connectivity index is 2.56. The quantitative estimate of drug-likeness (QED) is 0.786. The van der Waals surface area contributed by atoms with Gasteiger partial charge < -0.3 is 10.1 Å². The zero-order valence-electron chi connectivity index (χ0n) is 12.7. The average Bonchev–Trinajstić information content (AvgIpc) is 2.42. The average molecular weight is 296 g/mol. The van der Waals surface area contributed by atoms with Gasteiger partial charge in [0.15, 0.2) is 0 Å². The van der Waals surface area contributed by atoms with Gasteiger partial charge in [0.1, 0.15) is 11.9 Å². The third kappa shape index (κ3) is 5.15. The smallest absolute Gasteiger partial charge is 0.323 e. The molecule has 6 heteroatoms. The number of rotatable bonds is 6. The fraction of sp³-hybridized carbons (Fsp3) is 0.467. The standard InChI is InChI=1S/C15H21FN2O3/c1-9(2)14(15(20)21-4)17-8-13(19)18-11-6-5-10(3)12(16)7-11/h5-7,9,14,17H,8H2,1-4H3,(H,18,19). The summed E-state index contributed by atoms with van der Waals surface area (Å²) in [6.45, 7) is 5.28. The van der Waals surface area contributed by atoms with E-state index in [2.05, 4.69) is 15.4 Å². The molecule has 0 aromatic heterocycles. The van der Waals surface area contributed by atoms with Crippen LogP contribution in [0.25, 0.3) is 0 Å². The number of amides is 1. The summed E-state index contributed by atoms with van der Waals surface area (Å²) < 4.78 is 18.0. The fourth-order valence-electron chi connectivity index (χ4n) is 1.80. The summed E-state index contributed by atoms with van der Waals surface area (Å²) in [6, 6.07) is 3.91. The molecule has 0 radical (unpaired) electrons. The molecule has 0 aliphatic carbocycles. The Morgan fingerprint density at radius 2 is 2.00 bits per heavy atom. The summed E-state index contributed by atoms with van der Waals surface area (Å²) in [4.78, 5) is 23.3. The summed E-state index contributed by atoms with van der Waals surface area (Å²) in [7, 11) is 1.30. The molecule has 0 fully saturated rings. The second-order valence-corrected chi connectivity index (χ2v) is 5.14. The van der Waals surface area contributed by atoms with Gasteiger partial charge in [-0.2, -0.15) is 0 Å². The lowest BCUT2D eigenvalue weighted by Crippen LogP contribution is -2.45. The highest BCUT2D eigenvalue weighted by molar-refractivity contribution is 5.92. The van der Waals surface area contributed by atoms with Gasteiger partial charge in [-0.1, -0.05) is 19.9 Å². The normalized spacial score (nSPS) is 12.1. The Bertz CT molecular complexity index is 518. The van der Waals surface area contributed by atoms with E-state index in [0.29, 0.717) is 11.3 Å². The van der Waals surface area contributed by atoms with E-state index in [0.717, 1.165) is 0 Å². The Morgan fingerprint density at radius 1 is 1.33 bits per heavy atom. The van der Waals surface area contributed by atoms with Crippen molar-refractivity contribution in [3.63, 3.8) is 0 Å². The molecule has 116 valence electrons. The van der Waals surface area contributed by atoms with Gasteiger partial charge in [0.05, 0.1) is 13.7 Å². The number of ether oxygens (including phenoxy) is 1.